The van der Waals surface area contributed by atoms with Crippen molar-refractivity contribution in [1.29, 1.82) is 0 Å². The molecule has 1 aliphatic rings. The summed E-state index contributed by atoms with van der Waals surface area (Å²) in [5.74, 6) is -0.138. The molecule has 9 nitrogen and oxygen atoms in total. The lowest BCUT2D eigenvalue weighted by atomic mass is 9.99. The molecule has 65 heavy (non-hydrogen) atoms. The van der Waals surface area contributed by atoms with Gasteiger partial charge >= 0.3 is 0 Å². The molecule has 1 rings (SSSR count). The third kappa shape index (κ3) is 36.8. The summed E-state index contributed by atoms with van der Waals surface area (Å²) in [5.41, 5.74) is 0. The standard InChI is InChI=1S/C56H111NO8/c1-3-5-7-9-11-13-15-17-18-19-20-21-22-23-24-25-26-27-28-29-30-31-32-33-34-36-38-40-42-44-46-52(60)57-49(48-64-56-55(63)54(62)53(61)51(47-58)65-56)50(59)45-43-41-39-37-35-16-14-12-10-8-6-4-2/h49-51,53-56,58-59,61-63H,3-48H2,1-2H3,(H,57,60)/t49-,50+,51+,53+,54?,55?,56+/m0/s1. The summed E-state index contributed by atoms with van der Waals surface area (Å²) < 4.78 is 11.3. The zero-order valence-corrected chi connectivity index (χ0v) is 43.0. The van der Waals surface area contributed by atoms with E-state index >= 15 is 0 Å². The minimum Gasteiger partial charge on any atom is -0.394 e. The molecule has 7 atom stereocenters. The highest BCUT2D eigenvalue weighted by molar-refractivity contribution is 5.76. The molecule has 1 fully saturated rings. The van der Waals surface area contributed by atoms with Gasteiger partial charge in [0.15, 0.2) is 6.29 Å². The highest BCUT2D eigenvalue weighted by Crippen LogP contribution is 2.23. The van der Waals surface area contributed by atoms with Gasteiger partial charge in [0.25, 0.3) is 0 Å². The fourth-order valence-corrected chi connectivity index (χ4v) is 9.64. The third-order valence-corrected chi connectivity index (χ3v) is 14.2. The molecule has 6 N–H and O–H groups in total. The fourth-order valence-electron chi connectivity index (χ4n) is 9.64. The van der Waals surface area contributed by atoms with Gasteiger partial charge in [0.2, 0.25) is 5.91 Å². The van der Waals surface area contributed by atoms with Crippen LogP contribution < -0.4 is 5.32 Å². The number of aliphatic hydroxyl groups is 5. The molecule has 0 aliphatic carbocycles. The zero-order chi connectivity index (χ0) is 47.3. The van der Waals surface area contributed by atoms with E-state index in [4.69, 9.17) is 9.47 Å². The quantitative estimate of drug-likeness (QED) is 0.0330. The van der Waals surface area contributed by atoms with Crippen LogP contribution in [0.1, 0.15) is 296 Å². The molecule has 0 aromatic rings. The monoisotopic (exact) mass is 926 g/mol. The number of hydrogen-bond acceptors (Lipinski definition) is 8. The van der Waals surface area contributed by atoms with E-state index in [1.807, 2.05) is 0 Å². The third-order valence-electron chi connectivity index (χ3n) is 14.2. The number of ether oxygens (including phenoxy) is 2. The van der Waals surface area contributed by atoms with Gasteiger partial charge in [-0.3, -0.25) is 4.79 Å². The van der Waals surface area contributed by atoms with E-state index in [0.29, 0.717) is 12.8 Å². The van der Waals surface area contributed by atoms with Crippen molar-refractivity contribution in [2.75, 3.05) is 13.2 Å². The van der Waals surface area contributed by atoms with Gasteiger partial charge in [-0.2, -0.15) is 0 Å². The Labute approximate surface area is 402 Å². The zero-order valence-electron chi connectivity index (χ0n) is 43.0. The summed E-state index contributed by atoms with van der Waals surface area (Å²) in [6.45, 7) is 3.86. The van der Waals surface area contributed by atoms with Gasteiger partial charge in [0.1, 0.15) is 24.4 Å². The number of carbonyl (C=O) groups excluding carboxylic acids is 1. The molecule has 0 spiro atoms. The average Bonchev–Trinajstić information content (AvgIpc) is 3.31. The number of hydrogen-bond donors (Lipinski definition) is 6. The van der Waals surface area contributed by atoms with Crippen molar-refractivity contribution in [2.24, 2.45) is 0 Å². The van der Waals surface area contributed by atoms with Crippen molar-refractivity contribution in [1.82, 2.24) is 5.32 Å². The number of amides is 1. The predicted octanol–water partition coefficient (Wildman–Crippen LogP) is 13.9. The Bertz CT molecular complexity index is 986. The smallest absolute Gasteiger partial charge is 0.220 e. The lowest BCUT2D eigenvalue weighted by Gasteiger charge is -2.40. The van der Waals surface area contributed by atoms with Crippen molar-refractivity contribution in [3.8, 4) is 0 Å². The summed E-state index contributed by atoms with van der Waals surface area (Å²) in [5, 5.41) is 54.5. The first-order valence-electron chi connectivity index (χ1n) is 28.7. The van der Waals surface area contributed by atoms with Crippen LogP contribution in [0.5, 0.6) is 0 Å². The molecule has 0 bridgehead atoms. The second kappa shape index (κ2) is 46.9. The Morgan fingerprint density at radius 2 is 0.769 bits per heavy atom. The molecule has 0 radical (unpaired) electrons. The van der Waals surface area contributed by atoms with E-state index in [9.17, 15) is 30.3 Å². The van der Waals surface area contributed by atoms with Gasteiger partial charge in [-0.05, 0) is 12.8 Å². The van der Waals surface area contributed by atoms with E-state index in [-0.39, 0.29) is 12.5 Å². The average molecular weight is 927 g/mol. The molecular weight excluding hydrogens is 815 g/mol. The van der Waals surface area contributed by atoms with Crippen LogP contribution in [0.3, 0.4) is 0 Å². The summed E-state index contributed by atoms with van der Waals surface area (Å²) >= 11 is 0. The predicted molar refractivity (Wildman–Crippen MR) is 272 cm³/mol. The van der Waals surface area contributed by atoms with Gasteiger partial charge in [-0.1, -0.05) is 277 Å². The molecule has 9 heteroatoms. The van der Waals surface area contributed by atoms with Crippen molar-refractivity contribution in [3.05, 3.63) is 0 Å². The van der Waals surface area contributed by atoms with Gasteiger partial charge in [0, 0.05) is 6.42 Å². The van der Waals surface area contributed by atoms with E-state index in [1.165, 1.54) is 231 Å². The van der Waals surface area contributed by atoms with Crippen LogP contribution in [0.2, 0.25) is 0 Å². The van der Waals surface area contributed by atoms with Crippen molar-refractivity contribution in [2.45, 2.75) is 339 Å². The van der Waals surface area contributed by atoms with E-state index < -0.39 is 49.5 Å². The van der Waals surface area contributed by atoms with Crippen LogP contribution in [0.4, 0.5) is 0 Å². The van der Waals surface area contributed by atoms with Crippen LogP contribution >= 0.6 is 0 Å². The van der Waals surface area contributed by atoms with E-state index in [1.54, 1.807) is 0 Å². The summed E-state index contributed by atoms with van der Waals surface area (Å²) in [7, 11) is 0. The van der Waals surface area contributed by atoms with Crippen LogP contribution in [-0.4, -0.2) is 87.5 Å². The number of unbranched alkanes of at least 4 members (excludes halogenated alkanes) is 40. The molecule has 388 valence electrons. The maximum atomic E-state index is 13.0. The van der Waals surface area contributed by atoms with Crippen LogP contribution in [0.25, 0.3) is 0 Å². The van der Waals surface area contributed by atoms with Gasteiger partial charge < -0.3 is 40.3 Å². The summed E-state index contributed by atoms with van der Waals surface area (Å²) in [4.78, 5) is 13.0. The van der Waals surface area contributed by atoms with Crippen molar-refractivity contribution >= 4 is 5.91 Å². The van der Waals surface area contributed by atoms with Gasteiger partial charge in [-0.25, -0.2) is 0 Å². The number of nitrogens with one attached hydrogen (secondary N) is 1. The Balaban J connectivity index is 2.09. The summed E-state index contributed by atoms with van der Waals surface area (Å²) in [6, 6.07) is -0.712. The number of rotatable bonds is 50. The Hall–Kier alpha value is -0.810. The van der Waals surface area contributed by atoms with Crippen molar-refractivity contribution in [3.63, 3.8) is 0 Å². The number of carbonyl (C=O) groups is 1. The first-order valence-corrected chi connectivity index (χ1v) is 28.7. The van der Waals surface area contributed by atoms with Crippen LogP contribution in [0, 0.1) is 0 Å². The molecule has 1 amide bonds. The highest BCUT2D eigenvalue weighted by atomic mass is 16.7. The molecular formula is C56H111NO8. The van der Waals surface area contributed by atoms with E-state index in [2.05, 4.69) is 19.2 Å². The molecule has 0 aromatic heterocycles. The molecule has 2 unspecified atom stereocenters. The first-order chi connectivity index (χ1) is 31.8. The topological polar surface area (TPSA) is 149 Å². The van der Waals surface area contributed by atoms with E-state index in [0.717, 1.165) is 38.5 Å². The molecule has 1 heterocycles. The summed E-state index contributed by atoms with van der Waals surface area (Å²) in [6.07, 6.45) is 48.7. The maximum absolute atomic E-state index is 13.0. The molecule has 0 saturated carbocycles. The lowest BCUT2D eigenvalue weighted by Crippen LogP contribution is -2.60. The number of aliphatic hydroxyl groups excluding tert-OH is 5. The molecule has 1 aliphatic heterocycles. The molecule has 0 aromatic carbocycles. The van der Waals surface area contributed by atoms with Gasteiger partial charge in [0.05, 0.1) is 25.4 Å². The van der Waals surface area contributed by atoms with Gasteiger partial charge in [-0.15, -0.1) is 0 Å². The Morgan fingerprint density at radius 1 is 0.462 bits per heavy atom. The normalized spacial score (nSPS) is 19.8. The van der Waals surface area contributed by atoms with Crippen LogP contribution in [0.15, 0.2) is 0 Å². The Morgan fingerprint density at radius 3 is 1.09 bits per heavy atom. The second-order valence-electron chi connectivity index (χ2n) is 20.5. The lowest BCUT2D eigenvalue weighted by molar-refractivity contribution is -0.302. The molecule has 1 saturated heterocycles. The Kier molecular flexibility index (Phi) is 44.9. The minimum atomic E-state index is -1.55. The first kappa shape index (κ1) is 62.2. The maximum Gasteiger partial charge on any atom is 0.220 e. The highest BCUT2D eigenvalue weighted by Gasteiger charge is 2.44. The minimum absolute atomic E-state index is 0.131. The largest absolute Gasteiger partial charge is 0.394 e. The SMILES string of the molecule is CCCCCCCCCCCCCCCCCCCCCCCCCCCCCCCCC(=O)N[C@@H](CO[C@@H]1O[C@H](CO)[C@@H](O)C(O)C1O)[C@H](O)CCCCCCCCCCCCCC. The fraction of sp³-hybridized carbons (Fsp3) is 0.982. The van der Waals surface area contributed by atoms with Crippen LogP contribution in [-0.2, 0) is 14.3 Å². The second-order valence-corrected chi connectivity index (χ2v) is 20.5. The van der Waals surface area contributed by atoms with Crippen molar-refractivity contribution < 1.29 is 39.8 Å².